The minimum Gasteiger partial charge on any atom is -0.395 e. The molecule has 0 bridgehead atoms. The number of hydrogen-bond donors (Lipinski definition) is 3. The summed E-state index contributed by atoms with van der Waals surface area (Å²) in [5.74, 6) is -1.10. The van der Waals surface area contributed by atoms with Crippen molar-refractivity contribution in [3.05, 3.63) is 65.2 Å². The maximum absolute atomic E-state index is 12.9. The standard InChI is InChI=1S/C25H29N3O5/c1-17(31)19-9-10-21-20(16-19)23(25(33)27-21)24(18-6-3-2-4-7-18)26-11-5-8-22(32)28(12-14-29)13-15-30/h2-4,6-7,9-10,16,23,29-30H,5,8,11-15H2,1H3,(H,27,33). The minimum absolute atomic E-state index is 0.0806. The van der Waals surface area contributed by atoms with E-state index >= 15 is 0 Å². The second-order valence-corrected chi connectivity index (χ2v) is 7.85. The highest BCUT2D eigenvalue weighted by Crippen LogP contribution is 2.36. The van der Waals surface area contributed by atoms with Crippen molar-refractivity contribution < 1.29 is 24.6 Å². The Balaban J connectivity index is 1.83. The number of nitrogens with zero attached hydrogens (tertiary/aromatic N) is 2. The van der Waals surface area contributed by atoms with Gasteiger partial charge in [-0.15, -0.1) is 0 Å². The Labute approximate surface area is 193 Å². The molecule has 0 saturated heterocycles. The van der Waals surface area contributed by atoms with Crippen LogP contribution in [-0.4, -0.2) is 71.3 Å². The van der Waals surface area contributed by atoms with Gasteiger partial charge in [0.05, 0.1) is 18.9 Å². The highest BCUT2D eigenvalue weighted by atomic mass is 16.3. The van der Waals surface area contributed by atoms with E-state index in [-0.39, 0.29) is 50.3 Å². The van der Waals surface area contributed by atoms with Gasteiger partial charge in [0.15, 0.2) is 5.78 Å². The first-order valence-corrected chi connectivity index (χ1v) is 11.0. The highest BCUT2D eigenvalue weighted by molar-refractivity contribution is 6.23. The Hall–Kier alpha value is -3.36. The lowest BCUT2D eigenvalue weighted by molar-refractivity contribution is -0.132. The van der Waals surface area contributed by atoms with Crippen molar-refractivity contribution in [1.29, 1.82) is 0 Å². The molecule has 0 aromatic heterocycles. The molecule has 2 amide bonds. The lowest BCUT2D eigenvalue weighted by Gasteiger charge is -2.20. The molecule has 1 unspecified atom stereocenters. The number of Topliss-reactive ketones (excluding diaryl/α,β-unsaturated/α-hetero) is 1. The fraction of sp³-hybridized carbons (Fsp3) is 0.360. The lowest BCUT2D eigenvalue weighted by atomic mass is 9.89. The van der Waals surface area contributed by atoms with Crippen molar-refractivity contribution in [3.63, 3.8) is 0 Å². The van der Waals surface area contributed by atoms with Crippen LogP contribution in [0.5, 0.6) is 0 Å². The largest absolute Gasteiger partial charge is 0.395 e. The van der Waals surface area contributed by atoms with Gasteiger partial charge in [-0.2, -0.15) is 0 Å². The van der Waals surface area contributed by atoms with Gasteiger partial charge in [0.25, 0.3) is 0 Å². The Kier molecular flexibility index (Phi) is 8.46. The average Bonchev–Trinajstić information content (AvgIpc) is 3.14. The molecule has 0 fully saturated rings. The van der Waals surface area contributed by atoms with E-state index in [2.05, 4.69) is 5.32 Å². The molecule has 0 radical (unpaired) electrons. The number of carbonyl (C=O) groups excluding carboxylic acids is 3. The first kappa shape index (κ1) is 24.3. The molecular weight excluding hydrogens is 422 g/mol. The molecule has 0 spiro atoms. The summed E-state index contributed by atoms with van der Waals surface area (Å²) in [6.45, 7) is 1.83. The number of carbonyl (C=O) groups is 3. The molecule has 2 aromatic carbocycles. The molecule has 174 valence electrons. The summed E-state index contributed by atoms with van der Waals surface area (Å²) in [5, 5.41) is 21.1. The molecule has 3 rings (SSSR count). The molecular formula is C25H29N3O5. The number of anilines is 1. The molecule has 1 atom stereocenters. The van der Waals surface area contributed by atoms with Gasteiger partial charge in [0.2, 0.25) is 11.8 Å². The second kappa shape index (κ2) is 11.5. The first-order valence-electron chi connectivity index (χ1n) is 11.0. The van der Waals surface area contributed by atoms with Crippen LogP contribution in [0.1, 0.15) is 47.2 Å². The van der Waals surface area contributed by atoms with Crippen LogP contribution in [0.2, 0.25) is 0 Å². The zero-order valence-corrected chi connectivity index (χ0v) is 18.7. The number of hydrogen-bond acceptors (Lipinski definition) is 6. The van der Waals surface area contributed by atoms with E-state index in [1.165, 1.54) is 11.8 Å². The topological polar surface area (TPSA) is 119 Å². The van der Waals surface area contributed by atoms with Crippen LogP contribution in [0.15, 0.2) is 53.5 Å². The highest BCUT2D eigenvalue weighted by Gasteiger charge is 2.35. The van der Waals surface area contributed by atoms with Gasteiger partial charge >= 0.3 is 0 Å². The van der Waals surface area contributed by atoms with Gasteiger partial charge in [0, 0.05) is 37.3 Å². The molecule has 33 heavy (non-hydrogen) atoms. The number of aliphatic imine (C=N–C) groups is 1. The van der Waals surface area contributed by atoms with Crippen LogP contribution < -0.4 is 5.32 Å². The van der Waals surface area contributed by atoms with E-state index in [9.17, 15) is 14.4 Å². The third-order valence-corrected chi connectivity index (χ3v) is 5.56. The van der Waals surface area contributed by atoms with E-state index in [1.54, 1.807) is 18.2 Å². The zero-order chi connectivity index (χ0) is 23.8. The number of aliphatic hydroxyl groups is 2. The molecule has 1 aliphatic heterocycles. The van der Waals surface area contributed by atoms with Crippen LogP contribution in [-0.2, 0) is 9.59 Å². The Bertz CT molecular complexity index is 1030. The van der Waals surface area contributed by atoms with Crippen molar-refractivity contribution >= 4 is 29.0 Å². The van der Waals surface area contributed by atoms with Crippen LogP contribution in [0.25, 0.3) is 0 Å². The number of benzene rings is 2. The second-order valence-electron chi connectivity index (χ2n) is 7.85. The van der Waals surface area contributed by atoms with Crippen LogP contribution in [0, 0.1) is 0 Å². The molecule has 2 aromatic rings. The maximum atomic E-state index is 12.9. The molecule has 0 saturated carbocycles. The minimum atomic E-state index is -0.655. The Morgan fingerprint density at radius 3 is 2.36 bits per heavy atom. The Morgan fingerprint density at radius 2 is 1.73 bits per heavy atom. The van der Waals surface area contributed by atoms with Gasteiger partial charge in [-0.05, 0) is 42.7 Å². The molecule has 3 N–H and O–H groups in total. The summed E-state index contributed by atoms with van der Waals surface area (Å²) in [6.07, 6.45) is 0.671. The van der Waals surface area contributed by atoms with Crippen molar-refractivity contribution in [2.24, 2.45) is 4.99 Å². The molecule has 1 aliphatic rings. The maximum Gasteiger partial charge on any atom is 0.238 e. The normalized spacial score (nSPS) is 15.2. The van der Waals surface area contributed by atoms with Crippen molar-refractivity contribution in [1.82, 2.24) is 4.90 Å². The SMILES string of the molecule is CC(=O)c1ccc2c(c1)C(C(=NCCCC(=O)N(CCO)CCO)c1ccccc1)C(=O)N2. The van der Waals surface area contributed by atoms with Gasteiger partial charge in [-0.1, -0.05) is 30.3 Å². The summed E-state index contributed by atoms with van der Waals surface area (Å²) in [6, 6.07) is 14.6. The monoisotopic (exact) mass is 451 g/mol. The number of fused-ring (bicyclic) bond motifs is 1. The zero-order valence-electron chi connectivity index (χ0n) is 18.7. The fourth-order valence-corrected chi connectivity index (χ4v) is 3.90. The number of nitrogens with one attached hydrogen (secondary N) is 1. The number of amides is 2. The lowest BCUT2D eigenvalue weighted by Crippen LogP contribution is -2.35. The number of ketones is 1. The third-order valence-electron chi connectivity index (χ3n) is 5.56. The molecule has 8 heteroatoms. The van der Waals surface area contributed by atoms with E-state index < -0.39 is 5.92 Å². The first-order chi connectivity index (χ1) is 16.0. The summed E-state index contributed by atoms with van der Waals surface area (Å²) >= 11 is 0. The van der Waals surface area contributed by atoms with E-state index in [0.29, 0.717) is 35.5 Å². The van der Waals surface area contributed by atoms with Crippen molar-refractivity contribution in [3.8, 4) is 0 Å². The molecule has 8 nitrogen and oxygen atoms in total. The fourth-order valence-electron chi connectivity index (χ4n) is 3.90. The van der Waals surface area contributed by atoms with Gasteiger partial charge in [0.1, 0.15) is 5.92 Å². The van der Waals surface area contributed by atoms with Crippen LogP contribution in [0.3, 0.4) is 0 Å². The predicted octanol–water partition coefficient (Wildman–Crippen LogP) is 2.01. The van der Waals surface area contributed by atoms with Gasteiger partial charge < -0.3 is 20.4 Å². The summed E-state index contributed by atoms with van der Waals surface area (Å²) in [7, 11) is 0. The van der Waals surface area contributed by atoms with Crippen LogP contribution >= 0.6 is 0 Å². The van der Waals surface area contributed by atoms with E-state index in [4.69, 9.17) is 15.2 Å². The summed E-state index contributed by atoms with van der Waals surface area (Å²) in [5.41, 5.74) is 3.29. The van der Waals surface area contributed by atoms with Crippen molar-refractivity contribution in [2.75, 3.05) is 38.2 Å². The third kappa shape index (κ3) is 5.91. The number of aliphatic hydroxyl groups excluding tert-OH is 2. The molecule has 1 heterocycles. The predicted molar refractivity (Wildman–Crippen MR) is 126 cm³/mol. The Morgan fingerprint density at radius 1 is 1.03 bits per heavy atom. The van der Waals surface area contributed by atoms with Crippen LogP contribution in [0.4, 0.5) is 5.69 Å². The quantitative estimate of drug-likeness (QED) is 0.274. The summed E-state index contributed by atoms with van der Waals surface area (Å²) in [4.78, 5) is 43.3. The van der Waals surface area contributed by atoms with Crippen molar-refractivity contribution in [2.45, 2.75) is 25.7 Å². The summed E-state index contributed by atoms with van der Waals surface area (Å²) < 4.78 is 0. The van der Waals surface area contributed by atoms with E-state index in [1.807, 2.05) is 30.3 Å². The number of rotatable bonds is 11. The van der Waals surface area contributed by atoms with Gasteiger partial charge in [-0.3, -0.25) is 19.4 Å². The van der Waals surface area contributed by atoms with Gasteiger partial charge in [-0.25, -0.2) is 0 Å². The average molecular weight is 452 g/mol. The van der Waals surface area contributed by atoms with E-state index in [0.717, 1.165) is 5.56 Å². The smallest absolute Gasteiger partial charge is 0.238 e. The molecule has 0 aliphatic carbocycles.